The van der Waals surface area contributed by atoms with Crippen LogP contribution >= 0.6 is 0 Å². The highest BCUT2D eigenvalue weighted by atomic mass is 32.2. The Morgan fingerprint density at radius 3 is 2.56 bits per heavy atom. The van der Waals surface area contributed by atoms with Crippen LogP contribution in [0.15, 0.2) is 30.3 Å². The highest BCUT2D eigenvalue weighted by molar-refractivity contribution is 7.90. The van der Waals surface area contributed by atoms with Crippen molar-refractivity contribution in [3.8, 4) is 0 Å². The zero-order valence-electron chi connectivity index (χ0n) is 10.1. The summed E-state index contributed by atoms with van der Waals surface area (Å²) in [6, 6.07) is 8.92. The summed E-state index contributed by atoms with van der Waals surface area (Å²) in [4.78, 5) is 0. The Morgan fingerprint density at radius 1 is 1.39 bits per heavy atom. The van der Waals surface area contributed by atoms with E-state index in [1.54, 1.807) is 24.3 Å². The largest absolute Gasteiger partial charge is 0.394 e. The van der Waals surface area contributed by atoms with Gasteiger partial charge in [0.1, 0.15) is 11.9 Å². The maximum Gasteiger partial charge on any atom is 0.209 e. The van der Waals surface area contributed by atoms with Crippen molar-refractivity contribution in [2.75, 3.05) is 25.2 Å². The third-order valence-corrected chi connectivity index (χ3v) is 3.63. The monoisotopic (exact) mass is 272 g/mol. The lowest BCUT2D eigenvalue weighted by Crippen LogP contribution is -2.36. The van der Waals surface area contributed by atoms with Crippen LogP contribution in [0.4, 0.5) is 0 Å². The molecule has 0 aliphatic carbocycles. The van der Waals surface area contributed by atoms with E-state index in [0.29, 0.717) is 5.56 Å². The van der Waals surface area contributed by atoms with Crippen LogP contribution in [0.3, 0.4) is 0 Å². The molecule has 1 aliphatic rings. The predicted molar refractivity (Wildman–Crippen MR) is 65.7 cm³/mol. The molecule has 1 aromatic carbocycles. The van der Waals surface area contributed by atoms with Crippen LogP contribution in [0.25, 0.3) is 0 Å². The minimum atomic E-state index is -3.28. The van der Waals surface area contributed by atoms with Crippen molar-refractivity contribution >= 4 is 9.84 Å². The Morgan fingerprint density at radius 2 is 2.06 bits per heavy atom. The summed E-state index contributed by atoms with van der Waals surface area (Å²) >= 11 is 0. The molecule has 0 bridgehead atoms. The van der Waals surface area contributed by atoms with Gasteiger partial charge in [-0.3, -0.25) is 0 Å². The van der Waals surface area contributed by atoms with E-state index in [9.17, 15) is 8.42 Å². The van der Waals surface area contributed by atoms with Gasteiger partial charge in [0.15, 0.2) is 9.84 Å². The Labute approximate surface area is 106 Å². The van der Waals surface area contributed by atoms with Gasteiger partial charge in [-0.25, -0.2) is 8.42 Å². The van der Waals surface area contributed by atoms with Gasteiger partial charge in [-0.2, -0.15) is 0 Å². The minimum absolute atomic E-state index is 0.181. The average Bonchev–Trinajstić information content (AvgIpc) is 2.73. The highest BCUT2D eigenvalue weighted by Gasteiger charge is 2.45. The molecular formula is C12H16O5S. The number of aliphatic hydroxyl groups excluding tert-OH is 1. The van der Waals surface area contributed by atoms with Gasteiger partial charge in [-0.05, 0) is 0 Å². The molecule has 0 saturated carbocycles. The van der Waals surface area contributed by atoms with Gasteiger partial charge >= 0.3 is 0 Å². The summed E-state index contributed by atoms with van der Waals surface area (Å²) < 4.78 is 34.2. The van der Waals surface area contributed by atoms with Crippen molar-refractivity contribution in [1.82, 2.24) is 0 Å². The van der Waals surface area contributed by atoms with Crippen LogP contribution in [-0.4, -0.2) is 44.9 Å². The van der Waals surface area contributed by atoms with Gasteiger partial charge in [0, 0.05) is 11.8 Å². The number of aliphatic hydroxyl groups is 1. The molecule has 1 saturated heterocycles. The third kappa shape index (κ3) is 2.89. The fraction of sp³-hybridized carbons (Fsp3) is 0.500. The van der Waals surface area contributed by atoms with E-state index in [4.69, 9.17) is 14.6 Å². The molecule has 100 valence electrons. The van der Waals surface area contributed by atoms with Gasteiger partial charge in [-0.1, -0.05) is 30.3 Å². The summed E-state index contributed by atoms with van der Waals surface area (Å²) in [6.45, 7) is -0.0146. The minimum Gasteiger partial charge on any atom is -0.394 e. The van der Waals surface area contributed by atoms with Gasteiger partial charge in [-0.15, -0.1) is 0 Å². The molecule has 5 nitrogen and oxygen atoms in total. The van der Waals surface area contributed by atoms with Gasteiger partial charge < -0.3 is 14.6 Å². The Bertz CT molecular complexity index is 498. The van der Waals surface area contributed by atoms with Gasteiger partial charge in [0.25, 0.3) is 0 Å². The third-order valence-electron chi connectivity index (χ3n) is 2.73. The van der Waals surface area contributed by atoms with Crippen molar-refractivity contribution in [2.24, 2.45) is 0 Å². The van der Waals surface area contributed by atoms with Crippen molar-refractivity contribution in [3.05, 3.63) is 35.9 Å². The van der Waals surface area contributed by atoms with E-state index in [2.05, 4.69) is 0 Å². The molecule has 1 aliphatic heterocycles. The maximum absolute atomic E-state index is 11.5. The van der Waals surface area contributed by atoms with E-state index in [0.717, 1.165) is 6.26 Å². The molecule has 2 rings (SSSR count). The number of benzene rings is 1. The lowest BCUT2D eigenvalue weighted by Gasteiger charge is -2.27. The quantitative estimate of drug-likeness (QED) is 0.853. The summed E-state index contributed by atoms with van der Waals surface area (Å²) in [5, 5.41) is 9.09. The first-order valence-corrected chi connectivity index (χ1v) is 7.67. The van der Waals surface area contributed by atoms with E-state index in [1.165, 1.54) is 0 Å². The van der Waals surface area contributed by atoms with Crippen molar-refractivity contribution < 1.29 is 23.0 Å². The summed E-state index contributed by atoms with van der Waals surface area (Å²) in [5.41, 5.74) is 0.645. The molecule has 0 unspecified atom stereocenters. The predicted octanol–water partition coefficient (Wildman–Crippen LogP) is 0.292. The fourth-order valence-corrected chi connectivity index (χ4v) is 3.01. The van der Waals surface area contributed by atoms with Crippen LogP contribution in [-0.2, 0) is 25.1 Å². The first-order valence-electron chi connectivity index (χ1n) is 5.61. The van der Waals surface area contributed by atoms with E-state index in [-0.39, 0.29) is 19.0 Å². The fourth-order valence-electron chi connectivity index (χ4n) is 2.00. The maximum atomic E-state index is 11.5. The second-order valence-corrected chi connectivity index (χ2v) is 6.56. The van der Waals surface area contributed by atoms with Crippen LogP contribution in [0.1, 0.15) is 5.56 Å². The molecule has 18 heavy (non-hydrogen) atoms. The normalized spacial score (nSPS) is 28.4. The number of hydrogen-bond donors (Lipinski definition) is 1. The number of sulfone groups is 1. The smallest absolute Gasteiger partial charge is 0.209 e. The van der Waals surface area contributed by atoms with Crippen molar-refractivity contribution in [1.29, 1.82) is 0 Å². The van der Waals surface area contributed by atoms with Gasteiger partial charge in [0.2, 0.25) is 5.79 Å². The zero-order chi connectivity index (χ0) is 13.2. The zero-order valence-corrected chi connectivity index (χ0v) is 10.9. The Balaban J connectivity index is 2.36. The van der Waals surface area contributed by atoms with E-state index in [1.807, 2.05) is 6.07 Å². The van der Waals surface area contributed by atoms with Crippen LogP contribution in [0.2, 0.25) is 0 Å². The molecule has 1 aromatic rings. The summed E-state index contributed by atoms with van der Waals surface area (Å²) in [6.07, 6.45) is 0.642. The standard InChI is InChI=1S/C12H16O5S/c1-18(14,15)9-12(10-5-3-2-4-6-10)16-8-11(7-13)17-12/h2-6,11,13H,7-9H2,1H3/t11-,12-/m0/s1. The second kappa shape index (κ2) is 4.97. The molecule has 6 heteroatoms. The molecule has 2 atom stereocenters. The molecule has 1 fully saturated rings. The molecule has 0 spiro atoms. The summed E-state index contributed by atoms with van der Waals surface area (Å²) in [5.74, 6) is -1.57. The molecule has 1 N–H and O–H groups in total. The Kier molecular flexibility index (Phi) is 3.72. The molecule has 0 radical (unpaired) electrons. The van der Waals surface area contributed by atoms with E-state index < -0.39 is 21.7 Å². The number of ether oxygens (including phenoxy) is 2. The second-order valence-electron chi connectivity index (χ2n) is 4.42. The van der Waals surface area contributed by atoms with Crippen LogP contribution in [0.5, 0.6) is 0 Å². The lowest BCUT2D eigenvalue weighted by molar-refractivity contribution is -0.162. The SMILES string of the molecule is CS(=O)(=O)C[C@]1(c2ccccc2)OC[C@H](CO)O1. The average molecular weight is 272 g/mol. The Hall–Kier alpha value is -0.950. The van der Waals surface area contributed by atoms with Crippen molar-refractivity contribution in [3.63, 3.8) is 0 Å². The lowest BCUT2D eigenvalue weighted by atomic mass is 10.1. The highest BCUT2D eigenvalue weighted by Crippen LogP contribution is 2.35. The summed E-state index contributed by atoms with van der Waals surface area (Å²) in [7, 11) is -3.28. The molecule has 1 heterocycles. The van der Waals surface area contributed by atoms with Crippen LogP contribution in [0, 0.1) is 0 Å². The van der Waals surface area contributed by atoms with E-state index >= 15 is 0 Å². The molecule has 0 amide bonds. The number of hydrogen-bond acceptors (Lipinski definition) is 5. The van der Waals surface area contributed by atoms with Gasteiger partial charge in [0.05, 0.1) is 13.2 Å². The first kappa shape index (κ1) is 13.5. The van der Waals surface area contributed by atoms with Crippen molar-refractivity contribution in [2.45, 2.75) is 11.9 Å². The number of rotatable bonds is 4. The molecular weight excluding hydrogens is 256 g/mol. The topological polar surface area (TPSA) is 72.8 Å². The first-order chi connectivity index (χ1) is 8.45. The van der Waals surface area contributed by atoms with Crippen LogP contribution < -0.4 is 0 Å². The molecule has 0 aromatic heterocycles.